The Labute approximate surface area is 235 Å². The lowest BCUT2D eigenvalue weighted by atomic mass is 9.68. The Bertz CT molecular complexity index is 1960. The first kappa shape index (κ1) is 23.3. The van der Waals surface area contributed by atoms with E-state index in [1.54, 1.807) is 0 Å². The number of para-hydroxylation sites is 2. The highest BCUT2D eigenvalue weighted by Crippen LogP contribution is 2.56. The molecule has 2 aliphatic rings. The molecule has 6 aromatic carbocycles. The highest BCUT2D eigenvalue weighted by atomic mass is 16.5. The molecule has 1 unspecified atom stereocenters. The Hall–Kier alpha value is -4.62. The van der Waals surface area contributed by atoms with E-state index in [2.05, 4.69) is 148 Å². The number of benzene rings is 6. The molecular formula is C39H30O. The summed E-state index contributed by atoms with van der Waals surface area (Å²) < 4.78 is 6.77. The van der Waals surface area contributed by atoms with Gasteiger partial charge in [-0.05, 0) is 63.2 Å². The maximum absolute atomic E-state index is 6.77. The van der Waals surface area contributed by atoms with E-state index < -0.39 is 0 Å². The van der Waals surface area contributed by atoms with Gasteiger partial charge in [0.05, 0.1) is 0 Å². The van der Waals surface area contributed by atoms with Gasteiger partial charge in [0.15, 0.2) is 0 Å². The highest BCUT2D eigenvalue weighted by molar-refractivity contribution is 6.03. The third kappa shape index (κ3) is 3.04. The number of rotatable bonds is 2. The second-order valence-corrected chi connectivity index (χ2v) is 11.9. The topological polar surface area (TPSA) is 9.23 Å². The first-order chi connectivity index (χ1) is 19.5. The molecule has 6 aromatic rings. The Balaban J connectivity index is 1.35. The zero-order valence-corrected chi connectivity index (χ0v) is 23.0. The van der Waals surface area contributed by atoms with Crippen molar-refractivity contribution in [2.24, 2.45) is 0 Å². The van der Waals surface area contributed by atoms with Gasteiger partial charge in [-0.25, -0.2) is 0 Å². The van der Waals surface area contributed by atoms with Crippen LogP contribution < -0.4 is 4.74 Å². The molecule has 8 rings (SSSR count). The molecule has 1 heteroatoms. The summed E-state index contributed by atoms with van der Waals surface area (Å²) in [6.07, 6.45) is 0. The number of hydrogen-bond donors (Lipinski definition) is 0. The second-order valence-electron chi connectivity index (χ2n) is 11.9. The van der Waals surface area contributed by atoms with E-state index in [-0.39, 0.29) is 10.8 Å². The van der Waals surface area contributed by atoms with Crippen LogP contribution in [0.4, 0.5) is 0 Å². The van der Waals surface area contributed by atoms with Crippen LogP contribution in [-0.2, 0) is 10.8 Å². The van der Waals surface area contributed by atoms with Gasteiger partial charge in [0.2, 0.25) is 0 Å². The molecule has 40 heavy (non-hydrogen) atoms. The standard InChI is InChI=1S/C39H30O/c1-38(2)32-23-21-25-12-7-8-15-28(25)36(32)30-22-20-26(24-34(30)38)29-16-11-18-33-37(29)40-35-19-10-9-17-31(35)39(33,3)27-13-5-4-6-14-27/h4-24H,1-3H3. The van der Waals surface area contributed by atoms with Crippen LogP contribution in [0.15, 0.2) is 127 Å². The Morgan fingerprint density at radius 2 is 1.27 bits per heavy atom. The first-order valence-corrected chi connectivity index (χ1v) is 14.1. The van der Waals surface area contributed by atoms with E-state index in [1.807, 2.05) is 0 Å². The van der Waals surface area contributed by atoms with Crippen LogP contribution in [0, 0.1) is 0 Å². The third-order valence-corrected chi connectivity index (χ3v) is 9.42. The van der Waals surface area contributed by atoms with Crippen molar-refractivity contribution in [1.82, 2.24) is 0 Å². The van der Waals surface area contributed by atoms with Gasteiger partial charge in [-0.15, -0.1) is 0 Å². The van der Waals surface area contributed by atoms with Gasteiger partial charge in [0.1, 0.15) is 11.5 Å². The molecule has 0 bridgehead atoms. The van der Waals surface area contributed by atoms with Crippen molar-refractivity contribution in [3.8, 4) is 33.8 Å². The van der Waals surface area contributed by atoms with E-state index >= 15 is 0 Å². The molecule has 0 saturated carbocycles. The fourth-order valence-corrected chi connectivity index (χ4v) is 7.25. The third-order valence-electron chi connectivity index (χ3n) is 9.42. The van der Waals surface area contributed by atoms with Crippen LogP contribution in [0.3, 0.4) is 0 Å². The summed E-state index contributed by atoms with van der Waals surface area (Å²) in [6.45, 7) is 7.05. The van der Waals surface area contributed by atoms with Crippen LogP contribution in [0.2, 0.25) is 0 Å². The minimum Gasteiger partial charge on any atom is -0.456 e. The molecule has 0 aromatic heterocycles. The molecule has 0 radical (unpaired) electrons. The van der Waals surface area contributed by atoms with Crippen molar-refractivity contribution in [1.29, 1.82) is 0 Å². The van der Waals surface area contributed by atoms with Crippen molar-refractivity contribution in [3.63, 3.8) is 0 Å². The van der Waals surface area contributed by atoms with Crippen LogP contribution in [-0.4, -0.2) is 0 Å². The highest BCUT2D eigenvalue weighted by Gasteiger charge is 2.41. The molecular weight excluding hydrogens is 484 g/mol. The summed E-state index contributed by atoms with van der Waals surface area (Å²) in [4.78, 5) is 0. The Morgan fingerprint density at radius 3 is 2.15 bits per heavy atom. The quantitative estimate of drug-likeness (QED) is 0.223. The molecule has 1 aliphatic heterocycles. The summed E-state index contributed by atoms with van der Waals surface area (Å²) in [5.41, 5.74) is 11.1. The maximum atomic E-state index is 6.77. The van der Waals surface area contributed by atoms with Gasteiger partial charge < -0.3 is 4.74 Å². The average molecular weight is 515 g/mol. The monoisotopic (exact) mass is 514 g/mol. The van der Waals surface area contributed by atoms with E-state index in [1.165, 1.54) is 55.3 Å². The summed E-state index contributed by atoms with van der Waals surface area (Å²) in [5.74, 6) is 1.88. The SMILES string of the molecule is CC1(C)c2cc(-c3cccc4c3Oc3ccccc3C4(C)c3ccccc3)ccc2-c2c1ccc1ccccc21. The summed E-state index contributed by atoms with van der Waals surface area (Å²) in [5, 5.41) is 2.62. The lowest BCUT2D eigenvalue weighted by Crippen LogP contribution is -2.29. The first-order valence-electron chi connectivity index (χ1n) is 14.1. The largest absolute Gasteiger partial charge is 0.456 e. The van der Waals surface area contributed by atoms with E-state index in [4.69, 9.17) is 4.74 Å². The molecule has 0 N–H and O–H groups in total. The van der Waals surface area contributed by atoms with Gasteiger partial charge in [-0.1, -0.05) is 129 Å². The number of hydrogen-bond acceptors (Lipinski definition) is 1. The van der Waals surface area contributed by atoms with Crippen LogP contribution in [0.1, 0.15) is 48.6 Å². The molecule has 0 fully saturated rings. The van der Waals surface area contributed by atoms with Crippen molar-refractivity contribution in [2.45, 2.75) is 31.6 Å². The van der Waals surface area contributed by atoms with Gasteiger partial charge in [0, 0.05) is 27.5 Å². The Kier molecular flexibility index (Phi) is 4.77. The summed E-state index contributed by atoms with van der Waals surface area (Å²) >= 11 is 0. The predicted octanol–water partition coefficient (Wildman–Crippen LogP) is 10.3. The second kappa shape index (κ2) is 8.19. The molecule has 1 nitrogen and oxygen atoms in total. The van der Waals surface area contributed by atoms with E-state index in [9.17, 15) is 0 Å². The summed E-state index contributed by atoms with van der Waals surface area (Å²) in [6, 6.07) is 46.3. The summed E-state index contributed by atoms with van der Waals surface area (Å²) in [7, 11) is 0. The van der Waals surface area contributed by atoms with Crippen molar-refractivity contribution in [2.75, 3.05) is 0 Å². The molecule has 1 atom stereocenters. The van der Waals surface area contributed by atoms with Gasteiger partial charge in [-0.3, -0.25) is 0 Å². The minimum absolute atomic E-state index is 0.0917. The molecule has 1 heterocycles. The van der Waals surface area contributed by atoms with Gasteiger partial charge in [-0.2, -0.15) is 0 Å². The van der Waals surface area contributed by atoms with Crippen LogP contribution >= 0.6 is 0 Å². The van der Waals surface area contributed by atoms with Crippen molar-refractivity contribution < 1.29 is 4.74 Å². The average Bonchev–Trinajstić information content (AvgIpc) is 3.23. The molecule has 0 amide bonds. The lowest BCUT2D eigenvalue weighted by molar-refractivity contribution is 0.429. The van der Waals surface area contributed by atoms with Crippen LogP contribution in [0.25, 0.3) is 33.0 Å². The predicted molar refractivity (Wildman–Crippen MR) is 165 cm³/mol. The molecule has 1 aliphatic carbocycles. The van der Waals surface area contributed by atoms with Crippen LogP contribution in [0.5, 0.6) is 11.5 Å². The zero-order valence-electron chi connectivity index (χ0n) is 23.0. The molecule has 192 valence electrons. The lowest BCUT2D eigenvalue weighted by Gasteiger charge is -2.39. The zero-order chi connectivity index (χ0) is 27.1. The molecule has 0 saturated heterocycles. The number of ether oxygens (including phenoxy) is 1. The fraction of sp³-hybridized carbons (Fsp3) is 0.128. The maximum Gasteiger partial charge on any atom is 0.139 e. The van der Waals surface area contributed by atoms with E-state index in [0.29, 0.717) is 0 Å². The normalized spacial score (nSPS) is 17.9. The Morgan fingerprint density at radius 1 is 0.525 bits per heavy atom. The van der Waals surface area contributed by atoms with Gasteiger partial charge >= 0.3 is 0 Å². The van der Waals surface area contributed by atoms with E-state index in [0.717, 1.165) is 17.1 Å². The van der Waals surface area contributed by atoms with Gasteiger partial charge in [0.25, 0.3) is 0 Å². The van der Waals surface area contributed by atoms with Crippen molar-refractivity contribution in [3.05, 3.63) is 155 Å². The minimum atomic E-state index is -0.327. The fourth-order valence-electron chi connectivity index (χ4n) is 7.25. The molecule has 0 spiro atoms. The van der Waals surface area contributed by atoms with Crippen molar-refractivity contribution >= 4 is 10.8 Å². The smallest absolute Gasteiger partial charge is 0.139 e. The number of fused-ring (bicyclic) bond motifs is 7.